The van der Waals surface area contributed by atoms with Crippen LogP contribution in [0.1, 0.15) is 35.8 Å². The van der Waals surface area contributed by atoms with Crippen molar-refractivity contribution in [1.29, 1.82) is 0 Å². The molecule has 6 heteroatoms. The van der Waals surface area contributed by atoms with E-state index in [2.05, 4.69) is 23.7 Å². The number of thiazole rings is 1. The minimum atomic E-state index is -0.950. The first-order chi connectivity index (χ1) is 8.60. The van der Waals surface area contributed by atoms with E-state index in [0.29, 0.717) is 12.6 Å². The van der Waals surface area contributed by atoms with Gasteiger partial charge >= 0.3 is 5.97 Å². The normalized spacial score (nSPS) is 25.2. The van der Waals surface area contributed by atoms with Crippen molar-refractivity contribution < 1.29 is 14.6 Å². The van der Waals surface area contributed by atoms with Gasteiger partial charge in [0.15, 0.2) is 0 Å². The fraction of sp³-hybridized carbons (Fsp3) is 0.667. The van der Waals surface area contributed by atoms with Crippen molar-refractivity contribution in [2.45, 2.75) is 39.0 Å². The van der Waals surface area contributed by atoms with E-state index in [4.69, 9.17) is 9.84 Å². The number of morpholine rings is 1. The number of hydrogen-bond donors (Lipinski definition) is 1. The van der Waals surface area contributed by atoms with Crippen LogP contribution < -0.4 is 0 Å². The highest BCUT2D eigenvalue weighted by atomic mass is 32.1. The fourth-order valence-corrected chi connectivity index (χ4v) is 2.81. The van der Waals surface area contributed by atoms with Crippen LogP contribution in [0.3, 0.4) is 0 Å². The Morgan fingerprint density at radius 3 is 3.11 bits per heavy atom. The molecule has 2 atom stereocenters. The van der Waals surface area contributed by atoms with Gasteiger partial charge in [-0.1, -0.05) is 6.92 Å². The van der Waals surface area contributed by atoms with E-state index in [-0.39, 0.29) is 11.1 Å². The van der Waals surface area contributed by atoms with Crippen LogP contribution in [0.15, 0.2) is 5.38 Å². The van der Waals surface area contributed by atoms with Gasteiger partial charge in [0.05, 0.1) is 18.4 Å². The summed E-state index contributed by atoms with van der Waals surface area (Å²) in [6.07, 6.45) is 1.26. The monoisotopic (exact) mass is 270 g/mol. The molecule has 1 N–H and O–H groups in total. The summed E-state index contributed by atoms with van der Waals surface area (Å²) >= 11 is 1.19. The first-order valence-corrected chi connectivity index (χ1v) is 7.01. The Kier molecular flexibility index (Phi) is 4.31. The van der Waals surface area contributed by atoms with Crippen molar-refractivity contribution in [3.63, 3.8) is 0 Å². The molecule has 0 spiro atoms. The number of carboxylic acid groups (broad SMARTS) is 1. The predicted molar refractivity (Wildman–Crippen MR) is 69.0 cm³/mol. The smallest absolute Gasteiger partial charge is 0.365 e. The average Bonchev–Trinajstić information content (AvgIpc) is 2.78. The number of hydrogen-bond acceptors (Lipinski definition) is 5. The third-order valence-corrected chi connectivity index (χ3v) is 4.03. The third-order valence-electron chi connectivity index (χ3n) is 3.15. The zero-order chi connectivity index (χ0) is 13.1. The Morgan fingerprint density at radius 2 is 2.50 bits per heavy atom. The van der Waals surface area contributed by atoms with E-state index >= 15 is 0 Å². The van der Waals surface area contributed by atoms with Gasteiger partial charge in [-0.25, -0.2) is 9.78 Å². The highest BCUT2D eigenvalue weighted by molar-refractivity contribution is 7.11. The maximum Gasteiger partial charge on any atom is 0.365 e. The summed E-state index contributed by atoms with van der Waals surface area (Å²) in [4.78, 5) is 17.3. The molecule has 0 aliphatic carbocycles. The van der Waals surface area contributed by atoms with Crippen LogP contribution in [0.4, 0.5) is 0 Å². The molecule has 18 heavy (non-hydrogen) atoms. The van der Waals surface area contributed by atoms with Gasteiger partial charge in [0, 0.05) is 24.5 Å². The number of nitrogens with zero attached hydrogens (tertiary/aromatic N) is 2. The maximum absolute atomic E-state index is 10.8. The van der Waals surface area contributed by atoms with Gasteiger partial charge in [-0.15, -0.1) is 11.3 Å². The molecule has 2 unspecified atom stereocenters. The number of aromatic carboxylic acids is 1. The zero-order valence-corrected chi connectivity index (χ0v) is 11.4. The number of carboxylic acids is 1. The molecule has 0 saturated carbocycles. The quantitative estimate of drug-likeness (QED) is 0.904. The van der Waals surface area contributed by atoms with E-state index in [9.17, 15) is 4.79 Å². The molecule has 2 heterocycles. The van der Waals surface area contributed by atoms with Gasteiger partial charge in [-0.05, 0) is 13.3 Å². The molecule has 0 amide bonds. The average molecular weight is 270 g/mol. The molecule has 2 rings (SSSR count). The van der Waals surface area contributed by atoms with Crippen LogP contribution in [-0.4, -0.2) is 46.3 Å². The Balaban J connectivity index is 2.03. The highest BCUT2D eigenvalue weighted by Gasteiger charge is 2.26. The number of rotatable bonds is 4. The van der Waals surface area contributed by atoms with Crippen molar-refractivity contribution >= 4 is 17.3 Å². The lowest BCUT2D eigenvalue weighted by atomic mass is 10.1. The molecule has 1 fully saturated rings. The van der Waals surface area contributed by atoms with Gasteiger partial charge in [0.2, 0.25) is 5.01 Å². The molecule has 1 aliphatic rings. The molecule has 1 aromatic rings. The minimum absolute atomic E-state index is 0.166. The van der Waals surface area contributed by atoms with Gasteiger partial charge < -0.3 is 9.84 Å². The summed E-state index contributed by atoms with van der Waals surface area (Å²) in [6, 6.07) is 0.399. The minimum Gasteiger partial charge on any atom is -0.476 e. The Morgan fingerprint density at radius 1 is 1.72 bits per heavy atom. The van der Waals surface area contributed by atoms with Crippen molar-refractivity contribution in [1.82, 2.24) is 9.88 Å². The van der Waals surface area contributed by atoms with E-state index in [1.54, 1.807) is 0 Å². The molecule has 100 valence electrons. The topological polar surface area (TPSA) is 62.7 Å². The molecule has 5 nitrogen and oxygen atoms in total. The first-order valence-electron chi connectivity index (χ1n) is 6.13. The highest BCUT2D eigenvalue weighted by Crippen LogP contribution is 2.19. The Bertz CT molecular complexity index is 421. The summed E-state index contributed by atoms with van der Waals surface area (Å²) < 4.78 is 5.64. The Labute approximate surface area is 110 Å². The van der Waals surface area contributed by atoms with E-state index in [1.807, 2.05) is 5.38 Å². The molecule has 0 radical (unpaired) electrons. The summed E-state index contributed by atoms with van der Waals surface area (Å²) in [5.74, 6) is -0.950. The lowest BCUT2D eigenvalue weighted by Crippen LogP contribution is -2.47. The molecular formula is C12H18N2O3S. The SMILES string of the molecule is CCC1COC(C)CN1Cc1csc(C(=O)O)n1. The fourth-order valence-electron chi connectivity index (χ4n) is 2.17. The molecule has 0 bridgehead atoms. The van der Waals surface area contributed by atoms with Crippen LogP contribution in [0.25, 0.3) is 0 Å². The van der Waals surface area contributed by atoms with Crippen molar-refractivity contribution in [3.05, 3.63) is 16.1 Å². The van der Waals surface area contributed by atoms with Crippen LogP contribution in [0.5, 0.6) is 0 Å². The standard InChI is InChI=1S/C12H18N2O3S/c1-3-10-6-17-8(2)4-14(10)5-9-7-18-11(13-9)12(15)16/h7-8,10H,3-6H2,1-2H3,(H,15,16). The summed E-state index contributed by atoms with van der Waals surface area (Å²) in [6.45, 7) is 6.52. The van der Waals surface area contributed by atoms with Crippen LogP contribution >= 0.6 is 11.3 Å². The maximum atomic E-state index is 10.8. The van der Waals surface area contributed by atoms with E-state index < -0.39 is 5.97 Å². The van der Waals surface area contributed by atoms with Crippen LogP contribution in [0.2, 0.25) is 0 Å². The number of aromatic nitrogens is 1. The third kappa shape index (κ3) is 3.07. The summed E-state index contributed by atoms with van der Waals surface area (Å²) in [5.41, 5.74) is 0.838. The first kappa shape index (κ1) is 13.5. The summed E-state index contributed by atoms with van der Waals surface area (Å²) in [7, 11) is 0. The van der Waals surface area contributed by atoms with Crippen molar-refractivity contribution in [2.75, 3.05) is 13.2 Å². The van der Waals surface area contributed by atoms with Crippen molar-refractivity contribution in [3.8, 4) is 0 Å². The van der Waals surface area contributed by atoms with E-state index in [1.165, 1.54) is 11.3 Å². The van der Waals surface area contributed by atoms with Crippen LogP contribution in [0, 0.1) is 0 Å². The second-order valence-electron chi connectivity index (χ2n) is 4.58. The van der Waals surface area contributed by atoms with Crippen molar-refractivity contribution in [2.24, 2.45) is 0 Å². The number of ether oxygens (including phenoxy) is 1. The molecule has 1 aliphatic heterocycles. The molecule has 0 aromatic carbocycles. The molecular weight excluding hydrogens is 252 g/mol. The lowest BCUT2D eigenvalue weighted by Gasteiger charge is -2.37. The Hall–Kier alpha value is -0.980. The van der Waals surface area contributed by atoms with Gasteiger partial charge in [0.25, 0.3) is 0 Å². The lowest BCUT2D eigenvalue weighted by molar-refractivity contribution is -0.0595. The molecule has 1 aromatic heterocycles. The largest absolute Gasteiger partial charge is 0.476 e. The van der Waals surface area contributed by atoms with Gasteiger partial charge in [-0.2, -0.15) is 0 Å². The predicted octanol–water partition coefficient (Wildman–Crippen LogP) is 1.84. The summed E-state index contributed by atoms with van der Waals surface area (Å²) in [5, 5.41) is 10.9. The zero-order valence-electron chi connectivity index (χ0n) is 10.6. The van der Waals surface area contributed by atoms with Crippen LogP contribution in [-0.2, 0) is 11.3 Å². The number of carbonyl (C=O) groups is 1. The van der Waals surface area contributed by atoms with Gasteiger partial charge in [0.1, 0.15) is 0 Å². The molecule has 1 saturated heterocycles. The van der Waals surface area contributed by atoms with E-state index in [0.717, 1.165) is 25.3 Å². The second kappa shape index (κ2) is 5.77. The van der Waals surface area contributed by atoms with Gasteiger partial charge in [-0.3, -0.25) is 4.90 Å². The second-order valence-corrected chi connectivity index (χ2v) is 5.44.